The number of para-hydroxylation sites is 3. The average molecular weight is 461 g/mol. The van der Waals surface area contributed by atoms with E-state index >= 15 is 0 Å². The van der Waals surface area contributed by atoms with Crippen LogP contribution < -0.4 is 0 Å². The summed E-state index contributed by atoms with van der Waals surface area (Å²) in [6.07, 6.45) is 0. The van der Waals surface area contributed by atoms with Gasteiger partial charge in [-0.15, -0.1) is 11.3 Å². The molecule has 3 heteroatoms. The number of aromatic nitrogens is 2. The summed E-state index contributed by atoms with van der Waals surface area (Å²) >= 11 is 1.86. The molecule has 0 N–H and O–H groups in total. The molecular weight excluding hydrogens is 432 g/mol. The van der Waals surface area contributed by atoms with Crippen molar-refractivity contribution in [1.29, 1.82) is 0 Å². The second kappa shape index (κ2) is 8.11. The molecule has 2 aromatic heterocycles. The van der Waals surface area contributed by atoms with Crippen molar-refractivity contribution < 1.29 is 0 Å². The van der Waals surface area contributed by atoms with Gasteiger partial charge in [-0.3, -0.25) is 4.57 Å². The summed E-state index contributed by atoms with van der Waals surface area (Å²) in [5, 5.41) is 2.62. The standard InChI is InChI=1S/C31H28N2S/c1-19(2)22-11-9-12-23(20(3)4)30(22)33-27-14-7-6-13-26(27)32-31(33)21-16-17-29-25(18-21)24-10-5-8-15-28(24)34-29/h5-20H,1-4H3. The Bertz CT molecular complexity index is 1640. The van der Waals surface area contributed by atoms with Crippen molar-refractivity contribution in [2.75, 3.05) is 0 Å². The normalized spacial score (nSPS) is 12.1. The minimum atomic E-state index is 0.408. The van der Waals surface area contributed by atoms with E-state index in [0.29, 0.717) is 11.8 Å². The van der Waals surface area contributed by atoms with E-state index in [1.165, 1.54) is 37.0 Å². The molecule has 0 aliphatic heterocycles. The Morgan fingerprint density at radius 2 is 1.35 bits per heavy atom. The highest BCUT2D eigenvalue weighted by Crippen LogP contribution is 2.40. The lowest BCUT2D eigenvalue weighted by molar-refractivity contribution is 0.811. The fourth-order valence-corrected chi connectivity index (χ4v) is 6.17. The maximum Gasteiger partial charge on any atom is 0.145 e. The van der Waals surface area contributed by atoms with Crippen LogP contribution in [0.25, 0.3) is 48.3 Å². The van der Waals surface area contributed by atoms with Gasteiger partial charge in [-0.1, -0.05) is 76.2 Å². The molecule has 0 amide bonds. The monoisotopic (exact) mass is 460 g/mol. The van der Waals surface area contributed by atoms with Crippen LogP contribution in [-0.2, 0) is 0 Å². The third kappa shape index (κ3) is 3.26. The SMILES string of the molecule is CC(C)c1cccc(C(C)C)c1-n1c(-c2ccc3sc4ccccc4c3c2)nc2ccccc21. The summed E-state index contributed by atoms with van der Waals surface area (Å²) in [4.78, 5) is 5.20. The van der Waals surface area contributed by atoms with Gasteiger partial charge in [-0.25, -0.2) is 4.98 Å². The first-order valence-corrected chi connectivity index (χ1v) is 12.9. The molecule has 4 aromatic carbocycles. The number of thiophene rings is 1. The molecular formula is C31H28N2S. The molecule has 0 aliphatic rings. The molecule has 168 valence electrons. The molecule has 34 heavy (non-hydrogen) atoms. The minimum absolute atomic E-state index is 0.408. The first-order chi connectivity index (χ1) is 16.5. The minimum Gasteiger partial charge on any atom is -0.292 e. The van der Waals surface area contributed by atoms with Crippen LogP contribution in [0.3, 0.4) is 0 Å². The Kier molecular flexibility index (Phi) is 5.04. The molecule has 2 heterocycles. The van der Waals surface area contributed by atoms with Crippen LogP contribution in [0.15, 0.2) is 84.9 Å². The van der Waals surface area contributed by atoms with E-state index in [2.05, 4.69) is 117 Å². The van der Waals surface area contributed by atoms with Crippen molar-refractivity contribution in [1.82, 2.24) is 9.55 Å². The number of rotatable bonds is 4. The summed E-state index contributed by atoms with van der Waals surface area (Å²) in [7, 11) is 0. The zero-order valence-electron chi connectivity index (χ0n) is 20.0. The van der Waals surface area contributed by atoms with Crippen LogP contribution in [0.2, 0.25) is 0 Å². The van der Waals surface area contributed by atoms with E-state index in [1.807, 2.05) is 11.3 Å². The van der Waals surface area contributed by atoms with Gasteiger partial charge in [0.2, 0.25) is 0 Å². The van der Waals surface area contributed by atoms with Crippen molar-refractivity contribution in [2.45, 2.75) is 39.5 Å². The molecule has 0 saturated carbocycles. The van der Waals surface area contributed by atoms with E-state index < -0.39 is 0 Å². The van der Waals surface area contributed by atoms with Crippen LogP contribution in [-0.4, -0.2) is 9.55 Å². The molecule has 0 bridgehead atoms. The average Bonchev–Trinajstić information content (AvgIpc) is 3.41. The molecule has 0 aliphatic carbocycles. The Hall–Kier alpha value is -3.43. The van der Waals surface area contributed by atoms with Crippen molar-refractivity contribution >= 4 is 42.5 Å². The van der Waals surface area contributed by atoms with Gasteiger partial charge in [0, 0.05) is 25.7 Å². The van der Waals surface area contributed by atoms with E-state index in [4.69, 9.17) is 4.98 Å². The number of hydrogen-bond acceptors (Lipinski definition) is 2. The first-order valence-electron chi connectivity index (χ1n) is 12.0. The fraction of sp³-hybridized carbons (Fsp3) is 0.194. The van der Waals surface area contributed by atoms with Gasteiger partial charge in [0.25, 0.3) is 0 Å². The van der Waals surface area contributed by atoms with Gasteiger partial charge in [-0.2, -0.15) is 0 Å². The van der Waals surface area contributed by atoms with Gasteiger partial charge in [0.15, 0.2) is 0 Å². The lowest BCUT2D eigenvalue weighted by Crippen LogP contribution is -2.08. The van der Waals surface area contributed by atoms with Crippen LogP contribution in [0.1, 0.15) is 50.7 Å². The van der Waals surface area contributed by atoms with Crippen molar-refractivity contribution in [3.8, 4) is 17.1 Å². The second-order valence-corrected chi connectivity index (χ2v) is 10.7. The van der Waals surface area contributed by atoms with Crippen molar-refractivity contribution in [3.63, 3.8) is 0 Å². The van der Waals surface area contributed by atoms with E-state index in [9.17, 15) is 0 Å². The number of fused-ring (bicyclic) bond motifs is 4. The van der Waals surface area contributed by atoms with Crippen molar-refractivity contribution in [2.24, 2.45) is 0 Å². The topological polar surface area (TPSA) is 17.8 Å². The zero-order valence-corrected chi connectivity index (χ0v) is 20.9. The Morgan fingerprint density at radius 3 is 2.12 bits per heavy atom. The van der Waals surface area contributed by atoms with Crippen LogP contribution in [0.4, 0.5) is 0 Å². The maximum absolute atomic E-state index is 5.20. The quantitative estimate of drug-likeness (QED) is 0.256. The summed E-state index contributed by atoms with van der Waals surface area (Å²) in [5.74, 6) is 1.82. The third-order valence-electron chi connectivity index (χ3n) is 6.76. The Morgan fingerprint density at radius 1 is 0.676 bits per heavy atom. The third-order valence-corrected chi connectivity index (χ3v) is 7.91. The fourth-order valence-electron chi connectivity index (χ4n) is 5.08. The Labute approximate surface area is 204 Å². The predicted octanol–water partition coefficient (Wildman–Crippen LogP) is 9.31. The molecule has 6 rings (SSSR count). The van der Waals surface area contributed by atoms with Gasteiger partial charge >= 0.3 is 0 Å². The number of nitrogens with zero attached hydrogens (tertiary/aromatic N) is 2. The van der Waals surface area contributed by atoms with Crippen molar-refractivity contribution in [3.05, 3.63) is 96.1 Å². The number of benzene rings is 4. The molecule has 6 aromatic rings. The lowest BCUT2D eigenvalue weighted by atomic mass is 9.92. The van der Waals surface area contributed by atoms with E-state index in [-0.39, 0.29) is 0 Å². The van der Waals surface area contributed by atoms with Crippen LogP contribution >= 0.6 is 11.3 Å². The molecule has 0 saturated heterocycles. The summed E-state index contributed by atoms with van der Waals surface area (Å²) in [5.41, 5.74) is 7.34. The number of imidazole rings is 1. The maximum atomic E-state index is 5.20. The van der Waals surface area contributed by atoms with Gasteiger partial charge in [0.1, 0.15) is 5.82 Å². The summed E-state index contributed by atoms with van der Waals surface area (Å²) < 4.78 is 5.06. The highest BCUT2D eigenvalue weighted by atomic mass is 32.1. The second-order valence-electron chi connectivity index (χ2n) is 9.66. The summed E-state index contributed by atoms with van der Waals surface area (Å²) in [6.45, 7) is 9.13. The highest BCUT2D eigenvalue weighted by molar-refractivity contribution is 7.25. The molecule has 0 radical (unpaired) electrons. The van der Waals surface area contributed by atoms with Gasteiger partial charge in [0.05, 0.1) is 16.7 Å². The van der Waals surface area contributed by atoms with Crippen LogP contribution in [0, 0.1) is 0 Å². The van der Waals surface area contributed by atoms with E-state index in [1.54, 1.807) is 0 Å². The lowest BCUT2D eigenvalue weighted by Gasteiger charge is -2.22. The predicted molar refractivity (Wildman–Crippen MR) is 148 cm³/mol. The molecule has 0 spiro atoms. The molecule has 0 atom stereocenters. The number of hydrogen-bond donors (Lipinski definition) is 0. The smallest absolute Gasteiger partial charge is 0.145 e. The largest absolute Gasteiger partial charge is 0.292 e. The Balaban J connectivity index is 1.71. The summed E-state index contributed by atoms with van der Waals surface area (Å²) in [6, 6.07) is 30.8. The van der Waals surface area contributed by atoms with Gasteiger partial charge < -0.3 is 0 Å². The molecule has 2 nitrogen and oxygen atoms in total. The molecule has 0 unspecified atom stereocenters. The highest BCUT2D eigenvalue weighted by Gasteiger charge is 2.22. The van der Waals surface area contributed by atoms with E-state index in [0.717, 1.165) is 22.4 Å². The zero-order chi connectivity index (χ0) is 23.4. The first kappa shape index (κ1) is 21.1. The van der Waals surface area contributed by atoms with Gasteiger partial charge in [-0.05, 0) is 59.4 Å². The van der Waals surface area contributed by atoms with Crippen LogP contribution in [0.5, 0.6) is 0 Å². The molecule has 0 fully saturated rings.